The first-order chi connectivity index (χ1) is 20.7. The molecule has 2 fully saturated rings. The Morgan fingerprint density at radius 2 is 1.64 bits per heavy atom. The van der Waals surface area contributed by atoms with Gasteiger partial charge in [-0.25, -0.2) is 8.42 Å². The Morgan fingerprint density at radius 3 is 2.33 bits per heavy atom. The van der Waals surface area contributed by atoms with E-state index in [1.807, 2.05) is 19.1 Å². The summed E-state index contributed by atoms with van der Waals surface area (Å²) in [5.41, 5.74) is 1.47. The number of hydrogen-bond donors (Lipinski definition) is 2. The van der Waals surface area contributed by atoms with Gasteiger partial charge in [-0.1, -0.05) is 51.5 Å². The van der Waals surface area contributed by atoms with E-state index >= 15 is 0 Å². The molecule has 4 nitrogen and oxygen atoms in total. The lowest BCUT2D eigenvalue weighted by Gasteiger charge is -2.53. The Labute approximate surface area is 251 Å². The number of unbranched alkanes of at least 4 members (excludes halogenated alkanes) is 6. The van der Waals surface area contributed by atoms with Crippen LogP contribution in [0.5, 0.6) is 5.75 Å². The molecule has 0 aromatic heterocycles. The van der Waals surface area contributed by atoms with E-state index in [1.54, 1.807) is 6.07 Å². The van der Waals surface area contributed by atoms with Crippen LogP contribution in [-0.2, 0) is 16.3 Å². The molecule has 0 saturated heterocycles. The molecule has 240 valence electrons. The maximum absolute atomic E-state index is 13.0. The first-order valence-corrected chi connectivity index (χ1v) is 17.2. The third-order valence-corrected chi connectivity index (χ3v) is 12.0. The van der Waals surface area contributed by atoms with E-state index in [9.17, 15) is 40.6 Å². The number of fused-ring (bicyclic) bond motifs is 5. The van der Waals surface area contributed by atoms with Crippen LogP contribution in [0.2, 0.25) is 0 Å². The monoisotopic (exact) mass is 625 g/mol. The van der Waals surface area contributed by atoms with Gasteiger partial charge in [0.15, 0.2) is 0 Å². The second kappa shape index (κ2) is 13.3. The normalized spacial score (nSPS) is 33.6. The van der Waals surface area contributed by atoms with Crippen LogP contribution in [0.25, 0.3) is 0 Å². The molecule has 2 saturated carbocycles. The van der Waals surface area contributed by atoms with Gasteiger partial charge < -0.3 is 10.2 Å². The number of halogens is 5. The number of rotatable bonds is 14. The van der Waals surface area contributed by atoms with Crippen LogP contribution < -0.4 is 0 Å². The summed E-state index contributed by atoms with van der Waals surface area (Å²) in [7, 11) is -3.69. The SMILES string of the molecule is [2H]C1([2H])C[C@H]2[C@@H]3[C@H](CCCCCCCCCS(=O)(=O)CCCC(F)(F)C(F)(F)F)Cc4cc(O)ccc4[C@H]3CC[C@]2(C)[C@@]1([2H])O. The van der Waals surface area contributed by atoms with Crippen molar-refractivity contribution in [2.24, 2.45) is 23.2 Å². The molecule has 2 N–H and O–H groups in total. The van der Waals surface area contributed by atoms with Gasteiger partial charge in [-0.15, -0.1) is 0 Å². The van der Waals surface area contributed by atoms with Crippen molar-refractivity contribution < 1.29 is 44.7 Å². The highest BCUT2D eigenvalue weighted by Crippen LogP contribution is 2.62. The van der Waals surface area contributed by atoms with Gasteiger partial charge in [0.1, 0.15) is 15.6 Å². The largest absolute Gasteiger partial charge is 0.508 e. The number of aliphatic hydroxyl groups is 1. The number of alkyl halides is 5. The van der Waals surface area contributed by atoms with E-state index in [0.717, 1.165) is 56.9 Å². The molecule has 10 heteroatoms. The van der Waals surface area contributed by atoms with Crippen molar-refractivity contribution in [3.63, 3.8) is 0 Å². The Kier molecular flexibility index (Phi) is 9.27. The highest BCUT2D eigenvalue weighted by molar-refractivity contribution is 7.91. The Balaban J connectivity index is 1.23. The topological polar surface area (TPSA) is 74.6 Å². The van der Waals surface area contributed by atoms with Crippen molar-refractivity contribution in [1.82, 2.24) is 0 Å². The lowest BCUT2D eigenvalue weighted by atomic mass is 9.52. The third kappa shape index (κ3) is 7.62. The molecule has 0 aliphatic heterocycles. The molecule has 3 aliphatic rings. The predicted molar refractivity (Wildman–Crippen MR) is 153 cm³/mol. The zero-order valence-corrected chi connectivity index (χ0v) is 25.2. The van der Waals surface area contributed by atoms with Crippen LogP contribution in [-0.4, -0.2) is 48.3 Å². The van der Waals surface area contributed by atoms with Crippen LogP contribution in [0.3, 0.4) is 0 Å². The van der Waals surface area contributed by atoms with Crippen molar-refractivity contribution in [3.05, 3.63) is 29.3 Å². The van der Waals surface area contributed by atoms with Gasteiger partial charge in [-0.2, -0.15) is 22.0 Å². The van der Waals surface area contributed by atoms with E-state index in [4.69, 9.17) is 4.11 Å². The maximum atomic E-state index is 13.0. The fraction of sp³-hybridized carbons (Fsp3) is 0.812. The second-order valence-electron chi connectivity index (χ2n) is 13.0. The Morgan fingerprint density at radius 1 is 1.00 bits per heavy atom. The van der Waals surface area contributed by atoms with Crippen molar-refractivity contribution in [2.45, 2.75) is 127 Å². The van der Waals surface area contributed by atoms with Gasteiger partial charge in [0, 0.05) is 9.16 Å². The van der Waals surface area contributed by atoms with Crippen LogP contribution in [0, 0.1) is 23.2 Å². The van der Waals surface area contributed by atoms with Crippen molar-refractivity contribution in [3.8, 4) is 5.75 Å². The van der Waals surface area contributed by atoms with Crippen molar-refractivity contribution in [1.29, 1.82) is 0 Å². The average molecular weight is 626 g/mol. The molecule has 3 aliphatic carbocycles. The zero-order chi connectivity index (χ0) is 33.5. The Bertz CT molecular complexity index is 1290. The van der Waals surface area contributed by atoms with Gasteiger partial charge in [0.05, 0.1) is 19.0 Å². The quantitative estimate of drug-likeness (QED) is 0.161. The summed E-state index contributed by atoms with van der Waals surface area (Å²) >= 11 is 0. The highest BCUT2D eigenvalue weighted by Gasteiger charge is 2.57. The molecule has 0 unspecified atom stereocenters. The molecular weight excluding hydrogens is 575 g/mol. The smallest absolute Gasteiger partial charge is 0.453 e. The molecular formula is C32H47F5O4S. The molecule has 1 aromatic rings. The first kappa shape index (κ1) is 29.3. The predicted octanol–water partition coefficient (Wildman–Crippen LogP) is 8.35. The van der Waals surface area contributed by atoms with Crippen LogP contribution in [0.1, 0.15) is 118 Å². The molecule has 0 radical (unpaired) electrons. The van der Waals surface area contributed by atoms with Crippen molar-refractivity contribution >= 4 is 9.84 Å². The minimum absolute atomic E-state index is 0.127. The summed E-state index contributed by atoms with van der Waals surface area (Å²) in [6.45, 7) is 1.88. The lowest BCUT2D eigenvalue weighted by molar-refractivity contribution is -0.284. The average Bonchev–Trinajstić information content (AvgIpc) is 3.06. The lowest BCUT2D eigenvalue weighted by Crippen LogP contribution is -2.47. The molecule has 1 aromatic carbocycles. The van der Waals surface area contributed by atoms with E-state index in [0.29, 0.717) is 19.3 Å². The first-order valence-electron chi connectivity index (χ1n) is 16.9. The molecule has 0 bridgehead atoms. The number of benzene rings is 1. The van der Waals surface area contributed by atoms with Gasteiger partial charge in [-0.05, 0) is 104 Å². The summed E-state index contributed by atoms with van der Waals surface area (Å²) in [5.74, 6) is -5.13. The minimum atomic E-state index is -5.68. The second-order valence-corrected chi connectivity index (χ2v) is 15.3. The van der Waals surface area contributed by atoms with E-state index in [-0.39, 0.29) is 41.6 Å². The number of phenols is 1. The van der Waals surface area contributed by atoms with Crippen molar-refractivity contribution in [2.75, 3.05) is 11.5 Å². The van der Waals surface area contributed by atoms with Crippen LogP contribution in [0.15, 0.2) is 18.2 Å². The number of aromatic hydroxyl groups is 1. The molecule has 0 heterocycles. The van der Waals surface area contributed by atoms with Gasteiger partial charge >= 0.3 is 12.1 Å². The number of phenolic OH excluding ortho intramolecular Hbond substituents is 1. The zero-order valence-electron chi connectivity index (χ0n) is 27.4. The summed E-state index contributed by atoms with van der Waals surface area (Å²) < 4.78 is 113. The van der Waals surface area contributed by atoms with E-state index in [2.05, 4.69) is 0 Å². The number of hydrogen-bond acceptors (Lipinski definition) is 4. The summed E-state index contributed by atoms with van der Waals surface area (Å²) in [6, 6.07) is 5.52. The van der Waals surface area contributed by atoms with E-state index < -0.39 is 58.4 Å². The fourth-order valence-corrected chi connectivity index (χ4v) is 9.27. The summed E-state index contributed by atoms with van der Waals surface area (Å²) in [6.07, 6.45) is -3.45. The molecule has 42 heavy (non-hydrogen) atoms. The third-order valence-electron chi connectivity index (χ3n) is 10.2. The number of sulfone groups is 1. The van der Waals surface area contributed by atoms with Gasteiger partial charge in [0.25, 0.3) is 0 Å². The molecule has 4 rings (SSSR count). The summed E-state index contributed by atoms with van der Waals surface area (Å²) in [5, 5.41) is 21.3. The van der Waals surface area contributed by atoms with Gasteiger partial charge in [0.2, 0.25) is 0 Å². The van der Waals surface area contributed by atoms with Crippen LogP contribution >= 0.6 is 0 Å². The van der Waals surface area contributed by atoms with E-state index in [1.165, 1.54) is 5.56 Å². The minimum Gasteiger partial charge on any atom is -0.508 e. The van der Waals surface area contributed by atoms with Crippen LogP contribution in [0.4, 0.5) is 22.0 Å². The highest BCUT2D eigenvalue weighted by atomic mass is 32.2. The summed E-state index contributed by atoms with van der Waals surface area (Å²) in [4.78, 5) is 0. The molecule has 0 spiro atoms. The molecule has 0 amide bonds. The van der Waals surface area contributed by atoms with Gasteiger partial charge in [-0.3, -0.25) is 0 Å². The maximum Gasteiger partial charge on any atom is 0.453 e. The Hall–Kier alpha value is -1.42. The standard InChI is InChI=1S/C32H47F5O4S/c1-30-17-15-26-25-12-11-24(38)21-23(25)20-22(29(26)27(30)13-14-28(30)39)10-7-5-3-2-4-6-8-18-42(40,41)19-9-16-31(33,34)32(35,36)37/h11-12,21-22,26-29,38-39H,2-10,13-20H2,1H3/t22-,26-,27+,28+,29-,30+/m1/s1/i14D2,28D. The molecule has 6 atom stereocenters. The fourth-order valence-electron chi connectivity index (χ4n) is 7.84.